The maximum atomic E-state index is 9.26. The van der Waals surface area contributed by atoms with Gasteiger partial charge < -0.3 is 9.84 Å². The van der Waals surface area contributed by atoms with E-state index < -0.39 is 0 Å². The molecule has 0 unspecified atom stereocenters. The second-order valence-corrected chi connectivity index (χ2v) is 6.00. The lowest BCUT2D eigenvalue weighted by molar-refractivity contribution is 0.259. The summed E-state index contributed by atoms with van der Waals surface area (Å²) in [7, 11) is 0. The fourth-order valence-electron chi connectivity index (χ4n) is 2.04. The molecule has 0 aromatic heterocycles. The van der Waals surface area contributed by atoms with Gasteiger partial charge in [-0.15, -0.1) is 0 Å². The van der Waals surface area contributed by atoms with Gasteiger partial charge in [0, 0.05) is 5.56 Å². The molecular weight excluding hydrogens is 248 g/mol. The largest absolute Gasteiger partial charge is 0.489 e. The summed E-state index contributed by atoms with van der Waals surface area (Å²) in [5, 5.41) is 9.26. The molecule has 0 amide bonds. The van der Waals surface area contributed by atoms with Crippen LogP contribution in [-0.2, 0) is 18.6 Å². The van der Waals surface area contributed by atoms with Crippen molar-refractivity contribution in [1.29, 1.82) is 0 Å². The topological polar surface area (TPSA) is 29.5 Å². The van der Waals surface area contributed by atoms with E-state index in [2.05, 4.69) is 45.0 Å². The van der Waals surface area contributed by atoms with Crippen molar-refractivity contribution in [2.45, 2.75) is 39.4 Å². The number of benzene rings is 2. The number of aliphatic hydroxyl groups excluding tert-OH is 1. The number of ether oxygens (including phenoxy) is 1. The van der Waals surface area contributed by atoms with E-state index in [1.807, 2.05) is 24.3 Å². The molecule has 2 aromatic rings. The minimum absolute atomic E-state index is 0.000858. The second kappa shape index (κ2) is 6.10. The van der Waals surface area contributed by atoms with Gasteiger partial charge in [0.1, 0.15) is 12.4 Å². The number of aliphatic hydroxyl groups is 1. The molecule has 0 heterocycles. The van der Waals surface area contributed by atoms with Gasteiger partial charge in [-0.05, 0) is 22.6 Å². The van der Waals surface area contributed by atoms with E-state index in [0.29, 0.717) is 6.61 Å². The number of hydrogen-bond donors (Lipinski definition) is 1. The van der Waals surface area contributed by atoms with Crippen molar-refractivity contribution in [3.63, 3.8) is 0 Å². The Hall–Kier alpha value is -1.80. The molecule has 2 rings (SSSR count). The Bertz CT molecular complexity index is 550. The zero-order valence-electron chi connectivity index (χ0n) is 12.4. The Labute approximate surface area is 121 Å². The van der Waals surface area contributed by atoms with E-state index in [9.17, 15) is 5.11 Å². The number of para-hydroxylation sites is 1. The van der Waals surface area contributed by atoms with E-state index in [4.69, 9.17) is 4.74 Å². The average Bonchev–Trinajstić information content (AvgIpc) is 2.45. The van der Waals surface area contributed by atoms with Crippen molar-refractivity contribution in [3.05, 3.63) is 65.2 Å². The summed E-state index contributed by atoms with van der Waals surface area (Å²) in [6.45, 7) is 7.13. The van der Waals surface area contributed by atoms with Crippen molar-refractivity contribution >= 4 is 0 Å². The molecule has 0 aliphatic carbocycles. The van der Waals surface area contributed by atoms with Crippen LogP contribution in [0.2, 0.25) is 0 Å². The van der Waals surface area contributed by atoms with Crippen LogP contribution in [0.3, 0.4) is 0 Å². The SMILES string of the molecule is CC(C)(C)c1ccc(COc2ccccc2CO)cc1. The van der Waals surface area contributed by atoms with Crippen LogP contribution in [0.25, 0.3) is 0 Å². The minimum Gasteiger partial charge on any atom is -0.489 e. The van der Waals surface area contributed by atoms with Gasteiger partial charge in [-0.3, -0.25) is 0 Å². The molecule has 0 spiro atoms. The monoisotopic (exact) mass is 270 g/mol. The lowest BCUT2D eigenvalue weighted by atomic mass is 9.87. The fraction of sp³-hybridized carbons (Fsp3) is 0.333. The molecule has 0 radical (unpaired) electrons. The quantitative estimate of drug-likeness (QED) is 0.908. The van der Waals surface area contributed by atoms with Crippen LogP contribution in [0.15, 0.2) is 48.5 Å². The summed E-state index contributed by atoms with van der Waals surface area (Å²) in [4.78, 5) is 0. The first-order chi connectivity index (χ1) is 9.50. The predicted octanol–water partition coefficient (Wildman–Crippen LogP) is 4.06. The molecule has 0 saturated carbocycles. The first kappa shape index (κ1) is 14.6. The van der Waals surface area contributed by atoms with Crippen LogP contribution >= 0.6 is 0 Å². The Morgan fingerprint density at radius 3 is 2.20 bits per heavy atom. The van der Waals surface area contributed by atoms with Gasteiger partial charge in [-0.1, -0.05) is 63.2 Å². The van der Waals surface area contributed by atoms with Crippen molar-refractivity contribution in [2.24, 2.45) is 0 Å². The first-order valence-corrected chi connectivity index (χ1v) is 6.91. The predicted molar refractivity (Wildman–Crippen MR) is 81.8 cm³/mol. The smallest absolute Gasteiger partial charge is 0.125 e. The third kappa shape index (κ3) is 3.61. The van der Waals surface area contributed by atoms with E-state index >= 15 is 0 Å². The Balaban J connectivity index is 2.04. The maximum absolute atomic E-state index is 9.26. The van der Waals surface area contributed by atoms with E-state index in [-0.39, 0.29) is 12.0 Å². The molecule has 106 valence electrons. The zero-order valence-corrected chi connectivity index (χ0v) is 12.4. The highest BCUT2D eigenvalue weighted by molar-refractivity contribution is 5.33. The highest BCUT2D eigenvalue weighted by Gasteiger charge is 2.12. The van der Waals surface area contributed by atoms with Crippen molar-refractivity contribution < 1.29 is 9.84 Å². The standard InChI is InChI=1S/C18H22O2/c1-18(2,3)16-10-8-14(9-11-16)13-20-17-7-5-4-6-15(17)12-19/h4-11,19H,12-13H2,1-3H3. The van der Waals surface area contributed by atoms with E-state index in [1.165, 1.54) is 5.56 Å². The van der Waals surface area contributed by atoms with E-state index in [0.717, 1.165) is 16.9 Å². The van der Waals surface area contributed by atoms with Crippen LogP contribution < -0.4 is 4.74 Å². The Morgan fingerprint density at radius 2 is 1.60 bits per heavy atom. The molecule has 0 aliphatic rings. The fourth-order valence-corrected chi connectivity index (χ4v) is 2.04. The molecule has 0 bridgehead atoms. The van der Waals surface area contributed by atoms with Crippen LogP contribution in [0, 0.1) is 0 Å². The summed E-state index contributed by atoms with van der Waals surface area (Å²) in [5.41, 5.74) is 3.43. The number of rotatable bonds is 4. The highest BCUT2D eigenvalue weighted by Crippen LogP contribution is 2.23. The van der Waals surface area contributed by atoms with Crippen molar-refractivity contribution in [2.75, 3.05) is 0 Å². The summed E-state index contributed by atoms with van der Waals surface area (Å²) >= 11 is 0. The van der Waals surface area contributed by atoms with Gasteiger partial charge in [-0.2, -0.15) is 0 Å². The van der Waals surface area contributed by atoms with Crippen molar-refractivity contribution in [3.8, 4) is 5.75 Å². The molecule has 20 heavy (non-hydrogen) atoms. The van der Waals surface area contributed by atoms with Gasteiger partial charge in [0.05, 0.1) is 6.61 Å². The third-order valence-electron chi connectivity index (χ3n) is 3.36. The molecule has 0 fully saturated rings. The average molecular weight is 270 g/mol. The molecule has 0 aliphatic heterocycles. The van der Waals surface area contributed by atoms with Crippen molar-refractivity contribution in [1.82, 2.24) is 0 Å². The molecule has 2 nitrogen and oxygen atoms in total. The lowest BCUT2D eigenvalue weighted by Crippen LogP contribution is -2.10. The summed E-state index contributed by atoms with van der Waals surface area (Å²) < 4.78 is 5.78. The summed E-state index contributed by atoms with van der Waals surface area (Å²) in [6, 6.07) is 16.1. The Morgan fingerprint density at radius 1 is 0.950 bits per heavy atom. The lowest BCUT2D eigenvalue weighted by Gasteiger charge is -2.19. The molecule has 0 atom stereocenters. The minimum atomic E-state index is -0.000858. The Kier molecular flexibility index (Phi) is 4.46. The van der Waals surface area contributed by atoms with Gasteiger partial charge in [0.2, 0.25) is 0 Å². The van der Waals surface area contributed by atoms with Gasteiger partial charge >= 0.3 is 0 Å². The summed E-state index contributed by atoms with van der Waals surface area (Å²) in [5.74, 6) is 0.745. The summed E-state index contributed by atoms with van der Waals surface area (Å²) in [6.07, 6.45) is 0. The molecule has 2 aromatic carbocycles. The van der Waals surface area contributed by atoms with Gasteiger partial charge in [0.25, 0.3) is 0 Å². The second-order valence-electron chi connectivity index (χ2n) is 6.00. The normalized spacial score (nSPS) is 11.4. The maximum Gasteiger partial charge on any atom is 0.125 e. The molecule has 2 heteroatoms. The molecule has 1 N–H and O–H groups in total. The molecular formula is C18H22O2. The molecule has 0 saturated heterocycles. The zero-order chi connectivity index (χ0) is 14.6. The number of hydrogen-bond acceptors (Lipinski definition) is 2. The third-order valence-corrected chi connectivity index (χ3v) is 3.36. The van der Waals surface area contributed by atoms with Crippen LogP contribution in [-0.4, -0.2) is 5.11 Å². The van der Waals surface area contributed by atoms with Crippen LogP contribution in [0.5, 0.6) is 5.75 Å². The van der Waals surface area contributed by atoms with Crippen LogP contribution in [0.4, 0.5) is 0 Å². The van der Waals surface area contributed by atoms with Gasteiger partial charge in [-0.25, -0.2) is 0 Å². The van der Waals surface area contributed by atoms with E-state index in [1.54, 1.807) is 0 Å². The first-order valence-electron chi connectivity index (χ1n) is 6.91. The van der Waals surface area contributed by atoms with Crippen LogP contribution in [0.1, 0.15) is 37.5 Å². The highest BCUT2D eigenvalue weighted by atomic mass is 16.5. The van der Waals surface area contributed by atoms with Gasteiger partial charge in [0.15, 0.2) is 0 Å².